The highest BCUT2D eigenvalue weighted by atomic mass is 35.5. The number of anilines is 1. The molecule has 0 radical (unpaired) electrons. The van der Waals surface area contributed by atoms with Crippen LogP contribution in [-0.4, -0.2) is 24.9 Å². The first-order valence-electron chi connectivity index (χ1n) is 7.84. The van der Waals surface area contributed by atoms with E-state index >= 15 is 0 Å². The van der Waals surface area contributed by atoms with Crippen LogP contribution in [0.25, 0.3) is 5.00 Å². The summed E-state index contributed by atoms with van der Waals surface area (Å²) in [6, 6.07) is 3.19. The van der Waals surface area contributed by atoms with Crippen molar-refractivity contribution in [3.63, 3.8) is 0 Å². The fraction of sp³-hybridized carbons (Fsp3) is 0.312. The molecule has 0 aliphatic rings. The minimum atomic E-state index is 0.0258. The third kappa shape index (κ3) is 4.23. The molecule has 0 saturated carbocycles. The SMILES string of the molecule is CCCCc1nc(NCc2cc(Cl)cc(Cl)c2O)sc1-n1cncn1. The van der Waals surface area contributed by atoms with Gasteiger partial charge in [-0.3, -0.25) is 0 Å². The lowest BCUT2D eigenvalue weighted by atomic mass is 10.2. The molecule has 132 valence electrons. The topological polar surface area (TPSA) is 75.9 Å². The highest BCUT2D eigenvalue weighted by Crippen LogP contribution is 2.33. The average Bonchev–Trinajstić information content (AvgIpc) is 3.24. The Morgan fingerprint density at radius 1 is 1.32 bits per heavy atom. The summed E-state index contributed by atoms with van der Waals surface area (Å²) in [5.74, 6) is 0.0258. The summed E-state index contributed by atoms with van der Waals surface area (Å²) in [6.45, 7) is 2.51. The largest absolute Gasteiger partial charge is 0.506 e. The number of phenols is 1. The van der Waals surface area contributed by atoms with E-state index in [1.807, 2.05) is 0 Å². The highest BCUT2D eigenvalue weighted by molar-refractivity contribution is 7.18. The molecule has 0 amide bonds. The zero-order valence-corrected chi connectivity index (χ0v) is 15.9. The predicted molar refractivity (Wildman–Crippen MR) is 101 cm³/mol. The number of aromatic hydroxyl groups is 1. The Labute approximate surface area is 159 Å². The quantitative estimate of drug-likeness (QED) is 0.604. The monoisotopic (exact) mass is 397 g/mol. The molecule has 0 bridgehead atoms. The van der Waals surface area contributed by atoms with Crippen molar-refractivity contribution in [3.8, 4) is 10.8 Å². The van der Waals surface area contributed by atoms with Crippen LogP contribution in [0.1, 0.15) is 31.0 Å². The first-order valence-corrected chi connectivity index (χ1v) is 9.41. The molecule has 0 atom stereocenters. The Morgan fingerprint density at radius 2 is 2.16 bits per heavy atom. The third-order valence-corrected chi connectivity index (χ3v) is 5.16. The summed E-state index contributed by atoms with van der Waals surface area (Å²) in [5, 5.41) is 19.9. The highest BCUT2D eigenvalue weighted by Gasteiger charge is 2.14. The van der Waals surface area contributed by atoms with Gasteiger partial charge in [0.15, 0.2) is 5.13 Å². The first-order chi connectivity index (χ1) is 12.1. The Morgan fingerprint density at radius 3 is 2.88 bits per heavy atom. The molecular formula is C16H17Cl2N5OS. The van der Waals surface area contributed by atoms with Crippen LogP contribution in [0.15, 0.2) is 24.8 Å². The number of aromatic nitrogens is 4. The number of hydrogen-bond donors (Lipinski definition) is 2. The molecule has 0 aliphatic heterocycles. The lowest BCUT2D eigenvalue weighted by molar-refractivity contribution is 0.469. The molecule has 0 saturated heterocycles. The van der Waals surface area contributed by atoms with Crippen molar-refractivity contribution in [1.29, 1.82) is 0 Å². The molecule has 0 aliphatic carbocycles. The Bertz CT molecular complexity index is 851. The van der Waals surface area contributed by atoms with E-state index in [0.717, 1.165) is 35.1 Å². The third-order valence-electron chi connectivity index (χ3n) is 3.61. The number of aryl methyl sites for hydroxylation is 1. The van der Waals surface area contributed by atoms with Gasteiger partial charge in [-0.15, -0.1) is 0 Å². The molecule has 9 heteroatoms. The Balaban J connectivity index is 1.81. The Hall–Kier alpha value is -1.83. The molecule has 2 aromatic heterocycles. The molecule has 0 spiro atoms. The number of nitrogens with zero attached hydrogens (tertiary/aromatic N) is 4. The van der Waals surface area contributed by atoms with Crippen molar-refractivity contribution >= 4 is 39.7 Å². The van der Waals surface area contributed by atoms with Crippen molar-refractivity contribution in [1.82, 2.24) is 19.7 Å². The summed E-state index contributed by atoms with van der Waals surface area (Å²) >= 11 is 13.5. The molecule has 0 unspecified atom stereocenters. The normalized spacial score (nSPS) is 11.0. The number of halogens is 2. The molecule has 2 heterocycles. The van der Waals surface area contributed by atoms with Gasteiger partial charge in [0.25, 0.3) is 0 Å². The zero-order chi connectivity index (χ0) is 17.8. The number of unbranched alkanes of at least 4 members (excludes halogenated alkanes) is 1. The van der Waals surface area contributed by atoms with Crippen LogP contribution in [0.3, 0.4) is 0 Å². The lowest BCUT2D eigenvalue weighted by Crippen LogP contribution is -2.00. The first kappa shape index (κ1) is 18.0. The van der Waals surface area contributed by atoms with E-state index in [2.05, 4.69) is 27.3 Å². The number of benzene rings is 1. The maximum atomic E-state index is 10.1. The van der Waals surface area contributed by atoms with Crippen LogP contribution in [0, 0.1) is 0 Å². The molecule has 1 aromatic carbocycles. The van der Waals surface area contributed by atoms with Gasteiger partial charge in [0, 0.05) is 17.1 Å². The van der Waals surface area contributed by atoms with Gasteiger partial charge >= 0.3 is 0 Å². The van der Waals surface area contributed by atoms with E-state index in [1.54, 1.807) is 17.1 Å². The van der Waals surface area contributed by atoms with Gasteiger partial charge in [0.05, 0.1) is 10.7 Å². The minimum Gasteiger partial charge on any atom is -0.506 e. The fourth-order valence-electron chi connectivity index (χ4n) is 2.34. The summed E-state index contributed by atoms with van der Waals surface area (Å²) < 4.78 is 1.72. The van der Waals surface area contributed by atoms with E-state index in [-0.39, 0.29) is 10.8 Å². The van der Waals surface area contributed by atoms with Crippen molar-refractivity contribution < 1.29 is 5.11 Å². The molecular weight excluding hydrogens is 381 g/mol. The van der Waals surface area contributed by atoms with E-state index in [1.165, 1.54) is 23.7 Å². The zero-order valence-electron chi connectivity index (χ0n) is 13.5. The van der Waals surface area contributed by atoms with Gasteiger partial charge in [0.2, 0.25) is 0 Å². The van der Waals surface area contributed by atoms with Crippen LogP contribution in [-0.2, 0) is 13.0 Å². The van der Waals surface area contributed by atoms with E-state index < -0.39 is 0 Å². The van der Waals surface area contributed by atoms with Crippen LogP contribution in [0.5, 0.6) is 5.75 Å². The predicted octanol–water partition coefficient (Wildman–Crippen LogP) is 4.69. The van der Waals surface area contributed by atoms with Gasteiger partial charge in [-0.1, -0.05) is 47.9 Å². The van der Waals surface area contributed by atoms with Crippen LogP contribution >= 0.6 is 34.5 Å². The number of hydrogen-bond acceptors (Lipinski definition) is 6. The standard InChI is InChI=1S/C16H17Cl2N5OS/c1-2-3-4-13-15(23-9-19-8-21-23)25-16(22-13)20-7-10-5-11(17)6-12(18)14(10)24/h5-6,8-9,24H,2-4,7H2,1H3,(H,20,22). The molecule has 6 nitrogen and oxygen atoms in total. The van der Waals surface area contributed by atoms with E-state index in [4.69, 9.17) is 23.2 Å². The average molecular weight is 398 g/mol. The smallest absolute Gasteiger partial charge is 0.185 e. The van der Waals surface area contributed by atoms with E-state index in [9.17, 15) is 5.11 Å². The molecule has 3 aromatic rings. The van der Waals surface area contributed by atoms with Crippen molar-refractivity contribution in [2.75, 3.05) is 5.32 Å². The Kier molecular flexibility index (Phi) is 5.78. The van der Waals surface area contributed by atoms with Gasteiger partial charge in [-0.2, -0.15) is 5.10 Å². The molecule has 0 fully saturated rings. The van der Waals surface area contributed by atoms with Gasteiger partial charge < -0.3 is 10.4 Å². The summed E-state index contributed by atoms with van der Waals surface area (Å²) in [5.41, 5.74) is 1.60. The summed E-state index contributed by atoms with van der Waals surface area (Å²) in [6.07, 6.45) is 6.18. The fourth-order valence-corrected chi connectivity index (χ4v) is 3.82. The van der Waals surface area contributed by atoms with Crippen LogP contribution in [0.2, 0.25) is 10.0 Å². The van der Waals surface area contributed by atoms with Crippen molar-refractivity contribution in [2.45, 2.75) is 32.7 Å². The second kappa shape index (κ2) is 8.03. The summed E-state index contributed by atoms with van der Waals surface area (Å²) in [7, 11) is 0. The van der Waals surface area contributed by atoms with Gasteiger partial charge in [-0.05, 0) is 25.0 Å². The van der Waals surface area contributed by atoms with Crippen molar-refractivity contribution in [3.05, 3.63) is 46.1 Å². The number of thiazole rings is 1. The number of rotatable bonds is 7. The van der Waals surface area contributed by atoms with Crippen molar-refractivity contribution in [2.24, 2.45) is 0 Å². The van der Waals surface area contributed by atoms with E-state index in [0.29, 0.717) is 17.1 Å². The second-order valence-electron chi connectivity index (χ2n) is 5.46. The summed E-state index contributed by atoms with van der Waals surface area (Å²) in [4.78, 5) is 8.67. The maximum absolute atomic E-state index is 10.1. The number of phenolic OH excluding ortho intramolecular Hbond substituents is 1. The molecule has 2 N–H and O–H groups in total. The maximum Gasteiger partial charge on any atom is 0.185 e. The number of nitrogens with one attached hydrogen (secondary N) is 1. The molecule has 3 rings (SSSR count). The van der Waals surface area contributed by atoms with Crippen LogP contribution < -0.4 is 5.32 Å². The van der Waals surface area contributed by atoms with Gasteiger partial charge in [0.1, 0.15) is 23.4 Å². The second-order valence-corrected chi connectivity index (χ2v) is 7.28. The molecule has 25 heavy (non-hydrogen) atoms. The van der Waals surface area contributed by atoms with Crippen LogP contribution in [0.4, 0.5) is 5.13 Å². The lowest BCUT2D eigenvalue weighted by Gasteiger charge is -2.07. The van der Waals surface area contributed by atoms with Gasteiger partial charge in [-0.25, -0.2) is 14.6 Å². The minimum absolute atomic E-state index is 0.0258.